The van der Waals surface area contributed by atoms with Crippen molar-refractivity contribution in [1.82, 2.24) is 0 Å². The zero-order valence-electron chi connectivity index (χ0n) is 10.5. The van der Waals surface area contributed by atoms with Gasteiger partial charge in [0.1, 0.15) is 23.0 Å². The van der Waals surface area contributed by atoms with Gasteiger partial charge in [0, 0.05) is 16.0 Å². The van der Waals surface area contributed by atoms with Crippen LogP contribution in [0.2, 0.25) is 10.0 Å². The lowest BCUT2D eigenvalue weighted by molar-refractivity contribution is 0.506. The molecule has 1 aromatic heterocycles. The van der Waals surface area contributed by atoms with Crippen molar-refractivity contribution < 1.29 is 13.2 Å². The third-order valence-electron chi connectivity index (χ3n) is 3.18. The van der Waals surface area contributed by atoms with Crippen LogP contribution in [-0.2, 0) is 0 Å². The Morgan fingerprint density at radius 3 is 2.52 bits per heavy atom. The normalized spacial score (nSPS) is 12.8. The summed E-state index contributed by atoms with van der Waals surface area (Å²) < 4.78 is 32.9. The summed E-state index contributed by atoms with van der Waals surface area (Å²) in [5.41, 5.74) is 6.50. The van der Waals surface area contributed by atoms with E-state index in [1.807, 2.05) is 0 Å². The first-order valence-electron chi connectivity index (χ1n) is 6.04. The van der Waals surface area contributed by atoms with Gasteiger partial charge in [0.2, 0.25) is 0 Å². The van der Waals surface area contributed by atoms with E-state index in [9.17, 15) is 8.78 Å². The third kappa shape index (κ3) is 2.62. The standard InChI is InChI=1S/C15H9Cl2F2NO/c16-8-1-2-13-7(3-8)4-14(21-13)15(20)9-5-12(19)10(17)6-11(9)18/h1-6,15H,20H2. The molecule has 21 heavy (non-hydrogen) atoms. The van der Waals surface area contributed by atoms with E-state index >= 15 is 0 Å². The van der Waals surface area contributed by atoms with Crippen LogP contribution in [0.15, 0.2) is 40.8 Å². The number of nitrogens with two attached hydrogens (primary N) is 1. The molecule has 0 bridgehead atoms. The van der Waals surface area contributed by atoms with Crippen molar-refractivity contribution >= 4 is 34.2 Å². The molecule has 1 heterocycles. The maximum absolute atomic E-state index is 13.9. The van der Waals surface area contributed by atoms with Crippen LogP contribution >= 0.6 is 23.2 Å². The smallest absolute Gasteiger partial charge is 0.142 e. The van der Waals surface area contributed by atoms with Gasteiger partial charge in [-0.15, -0.1) is 0 Å². The zero-order chi connectivity index (χ0) is 15.1. The summed E-state index contributed by atoms with van der Waals surface area (Å²) >= 11 is 11.4. The molecule has 2 aromatic carbocycles. The van der Waals surface area contributed by atoms with Gasteiger partial charge in [-0.1, -0.05) is 23.2 Å². The molecule has 0 aliphatic rings. The van der Waals surface area contributed by atoms with Crippen LogP contribution in [0.1, 0.15) is 17.4 Å². The van der Waals surface area contributed by atoms with Gasteiger partial charge in [0.15, 0.2) is 0 Å². The number of fused-ring (bicyclic) bond motifs is 1. The molecule has 0 aliphatic heterocycles. The van der Waals surface area contributed by atoms with Crippen LogP contribution in [0.25, 0.3) is 11.0 Å². The van der Waals surface area contributed by atoms with Crippen LogP contribution in [0.5, 0.6) is 0 Å². The van der Waals surface area contributed by atoms with Gasteiger partial charge in [-0.25, -0.2) is 8.78 Å². The second-order valence-electron chi connectivity index (χ2n) is 4.60. The maximum Gasteiger partial charge on any atom is 0.142 e. The van der Waals surface area contributed by atoms with E-state index in [1.165, 1.54) is 0 Å². The fourth-order valence-electron chi connectivity index (χ4n) is 2.12. The predicted octanol–water partition coefficient (Wildman–Crippen LogP) is 5.07. The van der Waals surface area contributed by atoms with Gasteiger partial charge in [-0.2, -0.15) is 0 Å². The number of benzene rings is 2. The Kier molecular flexibility index (Phi) is 3.61. The van der Waals surface area contributed by atoms with E-state index in [1.54, 1.807) is 24.3 Å². The molecule has 0 aliphatic carbocycles. The number of hydrogen-bond donors (Lipinski definition) is 1. The Hall–Kier alpha value is -1.62. The Labute approximate surface area is 129 Å². The highest BCUT2D eigenvalue weighted by Crippen LogP contribution is 2.31. The lowest BCUT2D eigenvalue weighted by Crippen LogP contribution is -2.13. The van der Waals surface area contributed by atoms with E-state index in [-0.39, 0.29) is 10.6 Å². The minimum absolute atomic E-state index is 0.0259. The van der Waals surface area contributed by atoms with Crippen molar-refractivity contribution in [1.29, 1.82) is 0 Å². The van der Waals surface area contributed by atoms with E-state index in [4.69, 9.17) is 33.4 Å². The van der Waals surface area contributed by atoms with Gasteiger partial charge in [-0.3, -0.25) is 0 Å². The largest absolute Gasteiger partial charge is 0.459 e. The minimum atomic E-state index is -0.942. The highest BCUT2D eigenvalue weighted by atomic mass is 35.5. The van der Waals surface area contributed by atoms with E-state index in [2.05, 4.69) is 0 Å². The summed E-state index contributed by atoms with van der Waals surface area (Å²) in [6, 6.07) is 7.64. The van der Waals surface area contributed by atoms with E-state index in [0.29, 0.717) is 16.4 Å². The van der Waals surface area contributed by atoms with Crippen molar-refractivity contribution in [2.45, 2.75) is 6.04 Å². The molecule has 1 unspecified atom stereocenters. The first-order chi connectivity index (χ1) is 9.95. The first kappa shape index (κ1) is 14.3. The molecule has 0 saturated carbocycles. The summed E-state index contributed by atoms with van der Waals surface area (Å²) in [5.74, 6) is -1.11. The lowest BCUT2D eigenvalue weighted by atomic mass is 10.0. The van der Waals surface area contributed by atoms with Gasteiger partial charge in [-0.05, 0) is 36.4 Å². The molecule has 0 fully saturated rings. The summed E-state index contributed by atoms with van der Waals surface area (Å²) in [6.45, 7) is 0. The zero-order valence-corrected chi connectivity index (χ0v) is 12.1. The van der Waals surface area contributed by atoms with Crippen LogP contribution in [-0.4, -0.2) is 0 Å². The van der Waals surface area contributed by atoms with E-state index < -0.39 is 17.7 Å². The Bertz CT molecular complexity index is 832. The summed E-state index contributed by atoms with van der Waals surface area (Å²) in [5, 5.41) is 0.995. The third-order valence-corrected chi connectivity index (χ3v) is 3.70. The molecule has 0 amide bonds. The van der Waals surface area contributed by atoms with Gasteiger partial charge in [0.25, 0.3) is 0 Å². The van der Waals surface area contributed by atoms with Crippen LogP contribution in [0, 0.1) is 11.6 Å². The topological polar surface area (TPSA) is 39.2 Å². The SMILES string of the molecule is NC(c1cc2cc(Cl)ccc2o1)c1cc(F)c(Cl)cc1F. The molecule has 6 heteroatoms. The summed E-state index contributed by atoms with van der Waals surface area (Å²) in [6.07, 6.45) is 0. The molecule has 3 aromatic rings. The Morgan fingerprint density at radius 2 is 1.76 bits per heavy atom. The van der Waals surface area contributed by atoms with Gasteiger partial charge in [0.05, 0.1) is 11.1 Å². The minimum Gasteiger partial charge on any atom is -0.459 e. The number of rotatable bonds is 2. The van der Waals surface area contributed by atoms with E-state index in [0.717, 1.165) is 17.5 Å². The fraction of sp³-hybridized carbons (Fsp3) is 0.0667. The maximum atomic E-state index is 13.9. The van der Waals surface area contributed by atoms with Crippen LogP contribution < -0.4 is 5.73 Å². The summed E-state index contributed by atoms with van der Waals surface area (Å²) in [7, 11) is 0. The van der Waals surface area contributed by atoms with Crippen molar-refractivity contribution in [3.05, 3.63) is 69.4 Å². The molecule has 3 rings (SSSR count). The molecular weight excluding hydrogens is 319 g/mol. The van der Waals surface area contributed by atoms with Crippen molar-refractivity contribution in [2.75, 3.05) is 0 Å². The lowest BCUT2D eigenvalue weighted by Gasteiger charge is -2.11. The highest BCUT2D eigenvalue weighted by Gasteiger charge is 2.20. The molecular formula is C15H9Cl2F2NO. The van der Waals surface area contributed by atoms with Crippen molar-refractivity contribution in [3.8, 4) is 0 Å². The van der Waals surface area contributed by atoms with Crippen molar-refractivity contribution in [3.63, 3.8) is 0 Å². The highest BCUT2D eigenvalue weighted by molar-refractivity contribution is 6.31. The number of furan rings is 1. The Morgan fingerprint density at radius 1 is 1.00 bits per heavy atom. The summed E-state index contributed by atoms with van der Waals surface area (Å²) in [4.78, 5) is 0. The molecule has 0 radical (unpaired) electrons. The molecule has 0 spiro atoms. The van der Waals surface area contributed by atoms with Crippen molar-refractivity contribution in [2.24, 2.45) is 5.73 Å². The number of hydrogen-bond acceptors (Lipinski definition) is 2. The molecule has 0 saturated heterocycles. The van der Waals surface area contributed by atoms with Crippen LogP contribution in [0.3, 0.4) is 0 Å². The van der Waals surface area contributed by atoms with Gasteiger partial charge >= 0.3 is 0 Å². The van der Waals surface area contributed by atoms with Gasteiger partial charge < -0.3 is 10.2 Å². The first-order valence-corrected chi connectivity index (χ1v) is 6.80. The second kappa shape index (κ2) is 5.30. The average molecular weight is 328 g/mol. The predicted molar refractivity (Wildman–Crippen MR) is 78.6 cm³/mol. The molecule has 108 valence electrons. The number of halogens is 4. The molecule has 2 nitrogen and oxygen atoms in total. The molecule has 2 N–H and O–H groups in total. The molecule has 1 atom stereocenters. The quantitative estimate of drug-likeness (QED) is 0.668. The average Bonchev–Trinajstić information content (AvgIpc) is 2.85. The monoisotopic (exact) mass is 327 g/mol. The Balaban J connectivity index is 2.07. The van der Waals surface area contributed by atoms with Crippen LogP contribution in [0.4, 0.5) is 8.78 Å². The fourth-order valence-corrected chi connectivity index (χ4v) is 2.45. The second-order valence-corrected chi connectivity index (χ2v) is 5.44.